The lowest BCUT2D eigenvalue weighted by Crippen LogP contribution is -2.09. The molecule has 0 unspecified atom stereocenters. The fourth-order valence-electron chi connectivity index (χ4n) is 1.40. The lowest BCUT2D eigenvalue weighted by Gasteiger charge is -2.14. The van der Waals surface area contributed by atoms with Crippen molar-refractivity contribution in [3.05, 3.63) is 12.3 Å². The zero-order chi connectivity index (χ0) is 11.5. The van der Waals surface area contributed by atoms with Crippen LogP contribution in [-0.4, -0.2) is 24.2 Å². The number of nitrogens with zero attached hydrogens (tertiary/aromatic N) is 1. The Morgan fingerprint density at radius 1 is 1.44 bits per heavy atom. The SMILES string of the molecule is CNc1ncc(OC2CC2)cc1OC(C)C. The Hall–Kier alpha value is -1.45. The van der Waals surface area contributed by atoms with Crippen molar-refractivity contribution in [2.24, 2.45) is 0 Å². The summed E-state index contributed by atoms with van der Waals surface area (Å²) in [6.07, 6.45) is 4.54. The zero-order valence-electron chi connectivity index (χ0n) is 9.99. The summed E-state index contributed by atoms with van der Waals surface area (Å²) in [5.74, 6) is 2.28. The van der Waals surface area contributed by atoms with Crippen molar-refractivity contribution in [2.75, 3.05) is 12.4 Å². The lowest BCUT2D eigenvalue weighted by atomic mass is 10.3. The van der Waals surface area contributed by atoms with E-state index in [9.17, 15) is 0 Å². The van der Waals surface area contributed by atoms with Gasteiger partial charge in [0, 0.05) is 13.1 Å². The average molecular weight is 222 g/mol. The molecule has 0 aromatic carbocycles. The number of anilines is 1. The van der Waals surface area contributed by atoms with E-state index >= 15 is 0 Å². The van der Waals surface area contributed by atoms with Crippen molar-refractivity contribution in [1.29, 1.82) is 0 Å². The molecule has 1 aliphatic carbocycles. The summed E-state index contributed by atoms with van der Waals surface area (Å²) in [7, 11) is 1.83. The van der Waals surface area contributed by atoms with Crippen LogP contribution in [-0.2, 0) is 0 Å². The zero-order valence-corrected chi connectivity index (χ0v) is 9.99. The van der Waals surface area contributed by atoms with Gasteiger partial charge in [-0.05, 0) is 26.7 Å². The largest absolute Gasteiger partial charge is 0.489 e. The van der Waals surface area contributed by atoms with Gasteiger partial charge in [-0.15, -0.1) is 0 Å². The van der Waals surface area contributed by atoms with Gasteiger partial charge in [0.15, 0.2) is 11.6 Å². The summed E-state index contributed by atoms with van der Waals surface area (Å²) >= 11 is 0. The number of pyridine rings is 1. The third-order valence-corrected chi connectivity index (χ3v) is 2.25. The van der Waals surface area contributed by atoms with Crippen molar-refractivity contribution in [3.63, 3.8) is 0 Å². The molecule has 1 fully saturated rings. The first-order valence-corrected chi connectivity index (χ1v) is 5.70. The molecule has 1 aromatic heterocycles. The van der Waals surface area contributed by atoms with Gasteiger partial charge in [-0.2, -0.15) is 0 Å². The van der Waals surface area contributed by atoms with E-state index in [1.807, 2.05) is 27.0 Å². The minimum absolute atomic E-state index is 0.130. The Kier molecular flexibility index (Phi) is 3.17. The molecular formula is C12H18N2O2. The smallest absolute Gasteiger partial charge is 0.168 e. The monoisotopic (exact) mass is 222 g/mol. The van der Waals surface area contributed by atoms with Gasteiger partial charge in [-0.25, -0.2) is 4.98 Å². The van der Waals surface area contributed by atoms with E-state index in [2.05, 4.69) is 10.3 Å². The van der Waals surface area contributed by atoms with Crippen molar-refractivity contribution >= 4 is 5.82 Å². The number of hydrogen-bond donors (Lipinski definition) is 1. The Labute approximate surface area is 96.0 Å². The molecule has 0 bridgehead atoms. The van der Waals surface area contributed by atoms with E-state index in [1.165, 1.54) is 0 Å². The van der Waals surface area contributed by atoms with Crippen LogP contribution >= 0.6 is 0 Å². The molecule has 1 aliphatic rings. The molecule has 1 heterocycles. The summed E-state index contributed by atoms with van der Waals surface area (Å²) in [5.41, 5.74) is 0. The first-order chi connectivity index (χ1) is 7.69. The molecule has 4 heteroatoms. The van der Waals surface area contributed by atoms with Crippen LogP contribution in [0.4, 0.5) is 5.82 Å². The maximum atomic E-state index is 5.68. The minimum Gasteiger partial charge on any atom is -0.489 e. The summed E-state index contributed by atoms with van der Waals surface area (Å²) in [6, 6.07) is 1.90. The molecule has 16 heavy (non-hydrogen) atoms. The minimum atomic E-state index is 0.130. The highest BCUT2D eigenvalue weighted by Crippen LogP contribution is 2.31. The number of rotatable bonds is 5. The van der Waals surface area contributed by atoms with Crippen LogP contribution in [0.15, 0.2) is 12.3 Å². The van der Waals surface area contributed by atoms with Gasteiger partial charge in [-0.3, -0.25) is 0 Å². The van der Waals surface area contributed by atoms with Crippen LogP contribution in [0.2, 0.25) is 0 Å². The summed E-state index contributed by atoms with van der Waals surface area (Å²) in [4.78, 5) is 4.27. The second-order valence-electron chi connectivity index (χ2n) is 4.25. The fraction of sp³-hybridized carbons (Fsp3) is 0.583. The predicted octanol–water partition coefficient (Wildman–Crippen LogP) is 2.45. The normalized spacial score (nSPS) is 15.0. The quantitative estimate of drug-likeness (QED) is 0.831. The molecule has 4 nitrogen and oxygen atoms in total. The van der Waals surface area contributed by atoms with Gasteiger partial charge in [0.1, 0.15) is 5.75 Å². The molecule has 88 valence electrons. The molecule has 2 rings (SSSR count). The molecule has 0 saturated heterocycles. The van der Waals surface area contributed by atoms with Crippen LogP contribution in [0, 0.1) is 0 Å². The molecule has 0 aliphatic heterocycles. The van der Waals surface area contributed by atoms with E-state index in [0.717, 1.165) is 30.2 Å². The van der Waals surface area contributed by atoms with Gasteiger partial charge < -0.3 is 14.8 Å². The van der Waals surface area contributed by atoms with Gasteiger partial charge in [-0.1, -0.05) is 0 Å². The molecule has 1 saturated carbocycles. The maximum absolute atomic E-state index is 5.68. The third kappa shape index (κ3) is 2.78. The molecule has 0 radical (unpaired) electrons. The Balaban J connectivity index is 2.15. The van der Waals surface area contributed by atoms with Crippen LogP contribution in [0.25, 0.3) is 0 Å². The second-order valence-corrected chi connectivity index (χ2v) is 4.25. The number of aromatic nitrogens is 1. The molecule has 1 N–H and O–H groups in total. The van der Waals surface area contributed by atoms with Gasteiger partial charge in [0.2, 0.25) is 0 Å². The number of nitrogens with one attached hydrogen (secondary N) is 1. The van der Waals surface area contributed by atoms with Crippen LogP contribution in [0.1, 0.15) is 26.7 Å². The third-order valence-electron chi connectivity index (χ3n) is 2.25. The van der Waals surface area contributed by atoms with Gasteiger partial charge in [0.05, 0.1) is 18.4 Å². The van der Waals surface area contributed by atoms with Crippen molar-refractivity contribution in [2.45, 2.75) is 38.9 Å². The first-order valence-electron chi connectivity index (χ1n) is 5.70. The van der Waals surface area contributed by atoms with E-state index in [-0.39, 0.29) is 6.10 Å². The fourth-order valence-corrected chi connectivity index (χ4v) is 1.40. The molecule has 0 amide bonds. The highest BCUT2D eigenvalue weighted by Gasteiger charge is 2.24. The summed E-state index contributed by atoms with van der Waals surface area (Å²) < 4.78 is 11.4. The van der Waals surface area contributed by atoms with Crippen molar-refractivity contribution in [1.82, 2.24) is 4.98 Å². The van der Waals surface area contributed by atoms with Crippen LogP contribution < -0.4 is 14.8 Å². The molecule has 0 atom stereocenters. The van der Waals surface area contributed by atoms with Crippen molar-refractivity contribution in [3.8, 4) is 11.5 Å². The topological polar surface area (TPSA) is 43.4 Å². The van der Waals surface area contributed by atoms with E-state index < -0.39 is 0 Å². The van der Waals surface area contributed by atoms with E-state index in [0.29, 0.717) is 6.10 Å². The summed E-state index contributed by atoms with van der Waals surface area (Å²) in [5, 5.41) is 3.01. The Bertz CT molecular complexity index is 362. The Morgan fingerprint density at radius 3 is 2.75 bits per heavy atom. The average Bonchev–Trinajstić information content (AvgIpc) is 3.01. The molecular weight excluding hydrogens is 204 g/mol. The first kappa shape index (κ1) is 11.0. The Morgan fingerprint density at radius 2 is 2.19 bits per heavy atom. The number of hydrogen-bond acceptors (Lipinski definition) is 4. The standard InChI is InChI=1S/C12H18N2O2/c1-8(2)15-11-6-10(16-9-4-5-9)7-14-12(11)13-3/h6-9H,4-5H2,1-3H3,(H,13,14). The summed E-state index contributed by atoms with van der Waals surface area (Å²) in [6.45, 7) is 3.99. The molecule has 0 spiro atoms. The van der Waals surface area contributed by atoms with Gasteiger partial charge >= 0.3 is 0 Å². The van der Waals surface area contributed by atoms with Crippen LogP contribution in [0.3, 0.4) is 0 Å². The van der Waals surface area contributed by atoms with Gasteiger partial charge in [0.25, 0.3) is 0 Å². The second kappa shape index (κ2) is 4.60. The predicted molar refractivity (Wildman–Crippen MR) is 63.2 cm³/mol. The van der Waals surface area contributed by atoms with Crippen LogP contribution in [0.5, 0.6) is 11.5 Å². The van der Waals surface area contributed by atoms with E-state index in [4.69, 9.17) is 9.47 Å². The van der Waals surface area contributed by atoms with E-state index in [1.54, 1.807) is 6.20 Å². The maximum Gasteiger partial charge on any atom is 0.168 e. The lowest BCUT2D eigenvalue weighted by molar-refractivity contribution is 0.239. The van der Waals surface area contributed by atoms with Crippen molar-refractivity contribution < 1.29 is 9.47 Å². The molecule has 1 aromatic rings. The highest BCUT2D eigenvalue weighted by molar-refractivity contribution is 5.52. The highest BCUT2D eigenvalue weighted by atomic mass is 16.5. The number of ether oxygens (including phenoxy) is 2.